The van der Waals surface area contributed by atoms with E-state index in [1.807, 2.05) is 24.3 Å². The lowest BCUT2D eigenvalue weighted by atomic mass is 10.1. The number of methoxy groups -OCH3 is 3. The lowest BCUT2D eigenvalue weighted by molar-refractivity contribution is 0.340. The van der Waals surface area contributed by atoms with Gasteiger partial charge in [0.05, 0.1) is 21.3 Å². The summed E-state index contributed by atoms with van der Waals surface area (Å²) < 4.78 is 36.5. The van der Waals surface area contributed by atoms with Gasteiger partial charge in [-0.1, -0.05) is 39.0 Å². The average molecular weight is 419 g/mol. The van der Waals surface area contributed by atoms with Gasteiger partial charge in [0.2, 0.25) is 5.75 Å². The molecule has 29 heavy (non-hydrogen) atoms. The molecule has 6 heteroatoms. The Hall–Kier alpha value is -2.47. The molecule has 0 bridgehead atoms. The van der Waals surface area contributed by atoms with Crippen molar-refractivity contribution in [3.8, 4) is 23.0 Å². The van der Waals surface area contributed by atoms with E-state index in [1.165, 1.54) is 13.2 Å². The first kappa shape index (κ1) is 22.8. The Morgan fingerprint density at radius 2 is 1.38 bits per heavy atom. The Morgan fingerprint density at radius 1 is 0.793 bits per heavy atom. The minimum absolute atomic E-state index is 0.0394. The van der Waals surface area contributed by atoms with Crippen molar-refractivity contribution in [2.45, 2.75) is 38.9 Å². The summed E-state index contributed by atoms with van der Waals surface area (Å²) in [5, 5.41) is 0.0394. The van der Waals surface area contributed by atoms with Crippen LogP contribution in [0.25, 0.3) is 12.2 Å². The average Bonchev–Trinajstić information content (AvgIpc) is 2.64. The van der Waals surface area contributed by atoms with Crippen LogP contribution in [0.15, 0.2) is 30.3 Å². The van der Waals surface area contributed by atoms with Crippen molar-refractivity contribution in [1.82, 2.24) is 0 Å². The SMILES string of the molecule is COc1ccc(/C=C\c2cc(OC)c(OC)c(O[Si](C)(C)C(C)(C)C)c2)cc1F. The molecule has 0 aromatic heterocycles. The van der Waals surface area contributed by atoms with E-state index in [9.17, 15) is 4.39 Å². The second-order valence-corrected chi connectivity index (χ2v) is 13.1. The van der Waals surface area contributed by atoms with Crippen LogP contribution in [0.5, 0.6) is 23.0 Å². The molecule has 0 N–H and O–H groups in total. The van der Waals surface area contributed by atoms with E-state index in [0.29, 0.717) is 17.2 Å². The predicted octanol–water partition coefficient (Wildman–Crippen LogP) is 6.41. The van der Waals surface area contributed by atoms with Crippen LogP contribution in [0.2, 0.25) is 18.1 Å². The van der Waals surface area contributed by atoms with Gasteiger partial charge in [0, 0.05) is 0 Å². The molecule has 0 fully saturated rings. The Labute approximate surface area is 174 Å². The zero-order chi connectivity index (χ0) is 21.8. The topological polar surface area (TPSA) is 36.9 Å². The van der Waals surface area contributed by atoms with Crippen molar-refractivity contribution in [1.29, 1.82) is 0 Å². The van der Waals surface area contributed by atoms with E-state index in [2.05, 4.69) is 33.9 Å². The van der Waals surface area contributed by atoms with Crippen LogP contribution in [0.3, 0.4) is 0 Å². The van der Waals surface area contributed by atoms with Crippen LogP contribution >= 0.6 is 0 Å². The standard InChI is InChI=1S/C23H31FO4Si/c1-23(2,3)29(7,8)28-21-15-17(14-20(26-5)22(21)27-6)10-9-16-11-12-19(25-4)18(24)13-16/h9-15H,1-8H3/b10-9-. The van der Waals surface area contributed by atoms with Gasteiger partial charge >= 0.3 is 0 Å². The van der Waals surface area contributed by atoms with Gasteiger partial charge < -0.3 is 18.6 Å². The molecule has 2 rings (SSSR count). The van der Waals surface area contributed by atoms with Gasteiger partial charge in [-0.3, -0.25) is 0 Å². The summed E-state index contributed by atoms with van der Waals surface area (Å²) in [7, 11) is 2.57. The highest BCUT2D eigenvalue weighted by molar-refractivity contribution is 6.74. The maximum Gasteiger partial charge on any atom is 0.250 e. The maximum atomic E-state index is 13.9. The second kappa shape index (κ2) is 8.90. The van der Waals surface area contributed by atoms with E-state index in [-0.39, 0.29) is 10.8 Å². The molecular weight excluding hydrogens is 387 g/mol. The van der Waals surface area contributed by atoms with Gasteiger partial charge in [-0.25, -0.2) is 4.39 Å². The van der Waals surface area contributed by atoms with Gasteiger partial charge in [-0.05, 0) is 53.5 Å². The molecule has 158 valence electrons. The smallest absolute Gasteiger partial charge is 0.250 e. The van der Waals surface area contributed by atoms with Crippen LogP contribution in [0.4, 0.5) is 4.39 Å². The fourth-order valence-corrected chi connectivity index (χ4v) is 3.54. The Kier molecular flexibility index (Phi) is 7.00. The molecule has 0 aliphatic carbocycles. The first-order valence-electron chi connectivity index (χ1n) is 9.49. The van der Waals surface area contributed by atoms with Crippen molar-refractivity contribution >= 4 is 20.5 Å². The largest absolute Gasteiger partial charge is 0.541 e. The number of hydrogen-bond acceptors (Lipinski definition) is 4. The highest BCUT2D eigenvalue weighted by Crippen LogP contribution is 2.44. The fourth-order valence-electron chi connectivity index (χ4n) is 2.53. The van der Waals surface area contributed by atoms with Gasteiger partial charge in [0.15, 0.2) is 23.1 Å². The highest BCUT2D eigenvalue weighted by atomic mass is 28.4. The third kappa shape index (κ3) is 5.32. The number of rotatable bonds is 7. The zero-order valence-electron chi connectivity index (χ0n) is 18.6. The summed E-state index contributed by atoms with van der Waals surface area (Å²) in [5.74, 6) is 1.63. The molecule has 0 amide bonds. The second-order valence-electron chi connectivity index (χ2n) is 8.34. The molecule has 4 nitrogen and oxygen atoms in total. The van der Waals surface area contributed by atoms with Gasteiger partial charge in [0.1, 0.15) is 0 Å². The molecule has 2 aromatic carbocycles. The molecule has 2 aromatic rings. The molecule has 0 saturated heterocycles. The minimum atomic E-state index is -2.08. The molecule has 0 aliphatic heterocycles. The van der Waals surface area contributed by atoms with Crippen molar-refractivity contribution in [3.63, 3.8) is 0 Å². The van der Waals surface area contributed by atoms with Crippen LogP contribution in [0.1, 0.15) is 31.9 Å². The molecule has 0 saturated carbocycles. The molecule has 0 radical (unpaired) electrons. The van der Waals surface area contributed by atoms with E-state index < -0.39 is 14.1 Å². The van der Waals surface area contributed by atoms with Crippen LogP contribution < -0.4 is 18.6 Å². The third-order valence-corrected chi connectivity index (χ3v) is 9.63. The third-order valence-electron chi connectivity index (χ3n) is 5.28. The van der Waals surface area contributed by atoms with E-state index in [4.69, 9.17) is 18.6 Å². The summed E-state index contributed by atoms with van der Waals surface area (Å²) in [6.07, 6.45) is 3.72. The number of halogens is 1. The van der Waals surface area contributed by atoms with Crippen LogP contribution in [0, 0.1) is 5.82 Å². The van der Waals surface area contributed by atoms with Gasteiger partial charge in [-0.2, -0.15) is 0 Å². The van der Waals surface area contributed by atoms with Crippen LogP contribution in [-0.2, 0) is 0 Å². The van der Waals surface area contributed by atoms with Crippen LogP contribution in [-0.4, -0.2) is 29.6 Å². The number of hydrogen-bond donors (Lipinski definition) is 0. The predicted molar refractivity (Wildman–Crippen MR) is 119 cm³/mol. The molecule has 0 spiro atoms. The van der Waals surface area contributed by atoms with Gasteiger partial charge in [-0.15, -0.1) is 0 Å². The minimum Gasteiger partial charge on any atom is -0.541 e. The zero-order valence-corrected chi connectivity index (χ0v) is 19.6. The lowest BCUT2D eigenvalue weighted by Crippen LogP contribution is -2.43. The molecule has 0 heterocycles. The Balaban J connectivity index is 2.44. The first-order valence-corrected chi connectivity index (χ1v) is 12.4. The maximum absolute atomic E-state index is 13.9. The molecular formula is C23H31FO4Si. The van der Waals surface area contributed by atoms with E-state index in [1.54, 1.807) is 26.4 Å². The quantitative estimate of drug-likeness (QED) is 0.385. The van der Waals surface area contributed by atoms with E-state index >= 15 is 0 Å². The van der Waals surface area contributed by atoms with Gasteiger partial charge in [0.25, 0.3) is 8.32 Å². The van der Waals surface area contributed by atoms with Crippen molar-refractivity contribution in [2.75, 3.05) is 21.3 Å². The monoisotopic (exact) mass is 418 g/mol. The fraction of sp³-hybridized carbons (Fsp3) is 0.391. The van der Waals surface area contributed by atoms with Crippen molar-refractivity contribution in [3.05, 3.63) is 47.3 Å². The summed E-state index contributed by atoms with van der Waals surface area (Å²) in [5.41, 5.74) is 1.59. The van der Waals surface area contributed by atoms with Crippen molar-refractivity contribution in [2.24, 2.45) is 0 Å². The molecule has 0 atom stereocenters. The number of benzene rings is 2. The lowest BCUT2D eigenvalue weighted by Gasteiger charge is -2.37. The highest BCUT2D eigenvalue weighted by Gasteiger charge is 2.39. The molecule has 0 unspecified atom stereocenters. The number of ether oxygens (including phenoxy) is 3. The normalized spacial score (nSPS) is 12.2. The van der Waals surface area contributed by atoms with E-state index in [0.717, 1.165) is 11.1 Å². The molecule has 0 aliphatic rings. The summed E-state index contributed by atoms with van der Waals surface area (Å²) >= 11 is 0. The Bertz CT molecular complexity index is 885. The first-order chi connectivity index (χ1) is 13.5. The summed E-state index contributed by atoms with van der Waals surface area (Å²) in [6.45, 7) is 10.9. The summed E-state index contributed by atoms with van der Waals surface area (Å²) in [6, 6.07) is 8.64. The Morgan fingerprint density at radius 3 is 1.90 bits per heavy atom. The summed E-state index contributed by atoms with van der Waals surface area (Å²) in [4.78, 5) is 0. The van der Waals surface area contributed by atoms with Crippen molar-refractivity contribution < 1.29 is 23.0 Å².